The standard InChI is InChI=1S/C17H23N3/c1-2-20-16-9-6-5-8-15(16)19-17(20)10-4-3-7-13-18-14-11-12-14/h3-6,8-9,14,18H,2,7,10-13H2,1H3. The molecule has 0 atom stereocenters. The Morgan fingerprint density at radius 3 is 2.95 bits per heavy atom. The summed E-state index contributed by atoms with van der Waals surface area (Å²) in [5.41, 5.74) is 2.35. The second kappa shape index (κ2) is 6.23. The Morgan fingerprint density at radius 2 is 2.15 bits per heavy atom. The number of imidazole rings is 1. The molecule has 1 saturated carbocycles. The van der Waals surface area contributed by atoms with Crippen LogP contribution in [0.2, 0.25) is 0 Å². The zero-order valence-corrected chi connectivity index (χ0v) is 12.2. The molecule has 0 spiro atoms. The number of benzene rings is 1. The van der Waals surface area contributed by atoms with E-state index >= 15 is 0 Å². The number of nitrogens with one attached hydrogen (secondary N) is 1. The molecule has 20 heavy (non-hydrogen) atoms. The molecule has 1 aliphatic rings. The molecule has 106 valence electrons. The van der Waals surface area contributed by atoms with Gasteiger partial charge in [0.1, 0.15) is 5.82 Å². The summed E-state index contributed by atoms with van der Waals surface area (Å²) in [5.74, 6) is 1.17. The summed E-state index contributed by atoms with van der Waals surface area (Å²) in [6.07, 6.45) is 9.29. The fraction of sp³-hybridized carbons (Fsp3) is 0.471. The zero-order chi connectivity index (χ0) is 13.8. The first kappa shape index (κ1) is 13.4. The quantitative estimate of drug-likeness (QED) is 0.617. The van der Waals surface area contributed by atoms with Crippen molar-refractivity contribution in [3.63, 3.8) is 0 Å². The third kappa shape index (κ3) is 3.10. The highest BCUT2D eigenvalue weighted by atomic mass is 15.1. The van der Waals surface area contributed by atoms with Crippen molar-refractivity contribution >= 4 is 11.0 Å². The summed E-state index contributed by atoms with van der Waals surface area (Å²) < 4.78 is 2.31. The van der Waals surface area contributed by atoms with Crippen molar-refractivity contribution in [2.45, 2.75) is 45.2 Å². The van der Waals surface area contributed by atoms with Gasteiger partial charge in [0.15, 0.2) is 0 Å². The molecule has 0 radical (unpaired) electrons. The lowest BCUT2D eigenvalue weighted by atomic mass is 10.3. The Kier molecular flexibility index (Phi) is 4.16. The summed E-state index contributed by atoms with van der Waals surface area (Å²) in [4.78, 5) is 4.74. The molecule has 0 unspecified atom stereocenters. The monoisotopic (exact) mass is 269 g/mol. The summed E-state index contributed by atoms with van der Waals surface area (Å²) in [6, 6.07) is 9.19. The van der Waals surface area contributed by atoms with Gasteiger partial charge in [-0.05, 0) is 44.9 Å². The Morgan fingerprint density at radius 1 is 1.30 bits per heavy atom. The van der Waals surface area contributed by atoms with Crippen molar-refractivity contribution in [2.75, 3.05) is 6.54 Å². The van der Waals surface area contributed by atoms with E-state index < -0.39 is 0 Å². The second-order valence-corrected chi connectivity index (χ2v) is 5.45. The van der Waals surface area contributed by atoms with Crippen LogP contribution >= 0.6 is 0 Å². The summed E-state index contributed by atoms with van der Waals surface area (Å²) in [7, 11) is 0. The molecular formula is C17H23N3. The van der Waals surface area contributed by atoms with Crippen molar-refractivity contribution in [1.29, 1.82) is 0 Å². The summed E-state index contributed by atoms with van der Waals surface area (Å²) in [5, 5.41) is 3.53. The number of hydrogen-bond donors (Lipinski definition) is 1. The summed E-state index contributed by atoms with van der Waals surface area (Å²) >= 11 is 0. The predicted molar refractivity (Wildman–Crippen MR) is 83.9 cm³/mol. The lowest BCUT2D eigenvalue weighted by Gasteiger charge is -2.03. The molecule has 1 aromatic carbocycles. The Bertz CT molecular complexity index is 593. The fourth-order valence-corrected chi connectivity index (χ4v) is 2.60. The molecule has 3 heteroatoms. The topological polar surface area (TPSA) is 29.9 Å². The average molecular weight is 269 g/mol. The third-order valence-corrected chi connectivity index (χ3v) is 3.84. The Hall–Kier alpha value is -1.61. The van der Waals surface area contributed by atoms with E-state index in [-0.39, 0.29) is 0 Å². The van der Waals surface area contributed by atoms with Crippen molar-refractivity contribution in [1.82, 2.24) is 14.9 Å². The molecule has 0 aliphatic heterocycles. The van der Waals surface area contributed by atoms with Gasteiger partial charge in [0.25, 0.3) is 0 Å². The molecule has 1 aromatic heterocycles. The van der Waals surface area contributed by atoms with Gasteiger partial charge in [-0.2, -0.15) is 0 Å². The average Bonchev–Trinajstić information content (AvgIpc) is 3.22. The highest BCUT2D eigenvalue weighted by molar-refractivity contribution is 5.75. The second-order valence-electron chi connectivity index (χ2n) is 5.45. The van der Waals surface area contributed by atoms with Gasteiger partial charge in [0.05, 0.1) is 11.0 Å². The van der Waals surface area contributed by atoms with E-state index in [2.05, 4.69) is 53.2 Å². The number of para-hydroxylation sites is 2. The number of rotatable bonds is 7. The minimum absolute atomic E-state index is 0.813. The van der Waals surface area contributed by atoms with Crippen LogP contribution in [0.25, 0.3) is 11.0 Å². The van der Waals surface area contributed by atoms with Gasteiger partial charge in [0.2, 0.25) is 0 Å². The van der Waals surface area contributed by atoms with Crippen molar-refractivity contribution in [3.05, 3.63) is 42.2 Å². The number of fused-ring (bicyclic) bond motifs is 1. The maximum Gasteiger partial charge on any atom is 0.113 e. The first-order chi connectivity index (χ1) is 9.88. The third-order valence-electron chi connectivity index (χ3n) is 3.84. The normalized spacial score (nSPS) is 15.4. The predicted octanol–water partition coefficient (Wildman–Crippen LogP) is 3.30. The SMILES string of the molecule is CCn1c(CC=CCCNC2CC2)nc2ccccc21. The molecule has 0 amide bonds. The van der Waals surface area contributed by atoms with Crippen LogP contribution in [0, 0.1) is 0 Å². The highest BCUT2D eigenvalue weighted by Crippen LogP contribution is 2.18. The number of hydrogen-bond acceptors (Lipinski definition) is 2. The van der Waals surface area contributed by atoms with E-state index in [0.29, 0.717) is 0 Å². The van der Waals surface area contributed by atoms with Gasteiger partial charge < -0.3 is 9.88 Å². The minimum Gasteiger partial charge on any atom is -0.328 e. The van der Waals surface area contributed by atoms with Gasteiger partial charge in [-0.1, -0.05) is 24.3 Å². The number of aromatic nitrogens is 2. The van der Waals surface area contributed by atoms with Crippen LogP contribution in [0.1, 0.15) is 32.0 Å². The van der Waals surface area contributed by atoms with E-state index in [1.165, 1.54) is 24.2 Å². The van der Waals surface area contributed by atoms with E-state index in [0.717, 1.165) is 37.5 Å². The maximum absolute atomic E-state index is 4.74. The van der Waals surface area contributed by atoms with Gasteiger partial charge in [-0.3, -0.25) is 0 Å². The van der Waals surface area contributed by atoms with Crippen LogP contribution in [0.15, 0.2) is 36.4 Å². The Labute approximate surface area is 120 Å². The number of allylic oxidation sites excluding steroid dienone is 1. The number of nitrogens with zero attached hydrogens (tertiary/aromatic N) is 2. The van der Waals surface area contributed by atoms with Crippen molar-refractivity contribution in [3.8, 4) is 0 Å². The van der Waals surface area contributed by atoms with Gasteiger partial charge >= 0.3 is 0 Å². The van der Waals surface area contributed by atoms with Crippen molar-refractivity contribution in [2.24, 2.45) is 0 Å². The lowest BCUT2D eigenvalue weighted by molar-refractivity contribution is 0.689. The molecule has 0 bridgehead atoms. The van der Waals surface area contributed by atoms with Gasteiger partial charge in [-0.15, -0.1) is 0 Å². The summed E-state index contributed by atoms with van der Waals surface area (Å²) in [6.45, 7) is 4.26. The first-order valence-corrected chi connectivity index (χ1v) is 7.71. The molecule has 1 fully saturated rings. The van der Waals surface area contributed by atoms with Gasteiger partial charge in [-0.25, -0.2) is 4.98 Å². The van der Waals surface area contributed by atoms with Crippen LogP contribution in [-0.4, -0.2) is 22.1 Å². The van der Waals surface area contributed by atoms with E-state index in [4.69, 9.17) is 4.98 Å². The van der Waals surface area contributed by atoms with Crippen LogP contribution < -0.4 is 5.32 Å². The van der Waals surface area contributed by atoms with E-state index in [1.807, 2.05) is 0 Å². The lowest BCUT2D eigenvalue weighted by Crippen LogP contribution is -2.16. The number of aryl methyl sites for hydroxylation is 1. The maximum atomic E-state index is 4.74. The van der Waals surface area contributed by atoms with E-state index in [9.17, 15) is 0 Å². The van der Waals surface area contributed by atoms with Crippen LogP contribution in [-0.2, 0) is 13.0 Å². The molecule has 1 heterocycles. The highest BCUT2D eigenvalue weighted by Gasteiger charge is 2.19. The smallest absolute Gasteiger partial charge is 0.113 e. The first-order valence-electron chi connectivity index (χ1n) is 7.71. The van der Waals surface area contributed by atoms with Crippen LogP contribution in [0.5, 0.6) is 0 Å². The largest absolute Gasteiger partial charge is 0.328 e. The Balaban J connectivity index is 1.59. The molecule has 3 rings (SSSR count). The fourth-order valence-electron chi connectivity index (χ4n) is 2.60. The molecule has 1 aliphatic carbocycles. The minimum atomic E-state index is 0.813. The van der Waals surface area contributed by atoms with Crippen LogP contribution in [0.4, 0.5) is 0 Å². The van der Waals surface area contributed by atoms with Gasteiger partial charge in [0, 0.05) is 19.0 Å². The van der Waals surface area contributed by atoms with Crippen molar-refractivity contribution < 1.29 is 0 Å². The molecule has 3 nitrogen and oxygen atoms in total. The van der Waals surface area contributed by atoms with E-state index in [1.54, 1.807) is 0 Å². The molecular weight excluding hydrogens is 246 g/mol. The van der Waals surface area contributed by atoms with Crippen LogP contribution in [0.3, 0.4) is 0 Å². The molecule has 2 aromatic rings. The zero-order valence-electron chi connectivity index (χ0n) is 12.2. The molecule has 1 N–H and O–H groups in total. The molecule has 0 saturated heterocycles.